The number of fused-ring (bicyclic) bond motifs is 2. The molecule has 0 saturated heterocycles. The third-order valence-electron chi connectivity index (χ3n) is 3.91. The molecule has 0 spiro atoms. The molecule has 4 rings (SSSR count). The molecule has 0 saturated carbocycles. The number of aromatic nitrogens is 6. The van der Waals surface area contributed by atoms with Gasteiger partial charge in [0.1, 0.15) is 0 Å². The van der Waals surface area contributed by atoms with Gasteiger partial charge >= 0.3 is 11.9 Å². The molecule has 12 heteroatoms. The Balaban J connectivity index is 0.000000161. The summed E-state index contributed by atoms with van der Waals surface area (Å²) in [5.41, 5.74) is 13.1. The first-order chi connectivity index (χ1) is 13.2. The first kappa shape index (κ1) is 18.6. The molecule has 0 fully saturated rings. The largest absolute Gasteiger partial charge is 0.739 e. The monoisotopic (exact) mass is 384 g/mol. The normalized spacial score (nSPS) is 10.6. The van der Waals surface area contributed by atoms with Crippen molar-refractivity contribution in [1.29, 1.82) is 0 Å². The van der Waals surface area contributed by atoms with Crippen molar-refractivity contribution in [3.63, 3.8) is 0 Å². The van der Waals surface area contributed by atoms with Gasteiger partial charge in [-0.3, -0.25) is 11.5 Å². The quantitative estimate of drug-likeness (QED) is 0.279. The van der Waals surface area contributed by atoms with Crippen molar-refractivity contribution < 1.29 is 19.2 Å². The van der Waals surface area contributed by atoms with Crippen LogP contribution in [0.1, 0.15) is 11.1 Å². The number of nitrogen functional groups attached to an aromatic ring is 2. The molecular formula is C16H16N8O4. The van der Waals surface area contributed by atoms with E-state index < -0.39 is 0 Å². The minimum Gasteiger partial charge on any atom is -0.739 e. The first-order valence-electron chi connectivity index (χ1n) is 7.97. The van der Waals surface area contributed by atoms with Crippen LogP contribution in [0, 0.1) is 34.7 Å². The number of aryl methyl sites for hydroxylation is 2. The zero-order chi connectivity index (χ0) is 20.6. The summed E-state index contributed by atoms with van der Waals surface area (Å²) in [5, 5.41) is 52.0. The van der Waals surface area contributed by atoms with Crippen LogP contribution in [0.4, 0.5) is 11.9 Å². The van der Waals surface area contributed by atoms with E-state index in [0.29, 0.717) is 19.2 Å². The molecule has 2 heterocycles. The summed E-state index contributed by atoms with van der Waals surface area (Å²) < 4.78 is 0.867. The second kappa shape index (κ2) is 6.83. The molecule has 0 aliphatic rings. The minimum atomic E-state index is -0.351. The third-order valence-corrected chi connectivity index (χ3v) is 3.91. The minimum absolute atomic E-state index is 0.217. The average molecular weight is 384 g/mol. The predicted molar refractivity (Wildman–Crippen MR) is 97.6 cm³/mol. The van der Waals surface area contributed by atoms with E-state index in [1.54, 1.807) is 36.4 Å². The van der Waals surface area contributed by atoms with Crippen LogP contribution in [0.3, 0.4) is 0 Å². The highest BCUT2D eigenvalue weighted by Crippen LogP contribution is 2.08. The maximum atomic E-state index is 11.4. The van der Waals surface area contributed by atoms with Crippen LogP contribution in [0.25, 0.3) is 22.1 Å². The summed E-state index contributed by atoms with van der Waals surface area (Å²) in [4.78, 5) is 0.706. The number of nitrogens with zero attached hydrogens (tertiary/aromatic N) is 6. The van der Waals surface area contributed by atoms with E-state index in [1.807, 2.05) is 13.8 Å². The molecule has 0 bridgehead atoms. The van der Waals surface area contributed by atoms with Gasteiger partial charge in [0.05, 0.1) is 0 Å². The van der Waals surface area contributed by atoms with Crippen LogP contribution in [0.15, 0.2) is 36.4 Å². The molecule has 4 aromatic rings. The Bertz CT molecular complexity index is 1120. The van der Waals surface area contributed by atoms with Gasteiger partial charge in [-0.05, 0) is 37.1 Å². The summed E-state index contributed by atoms with van der Waals surface area (Å²) in [7, 11) is 0. The van der Waals surface area contributed by atoms with Gasteiger partial charge in [0.2, 0.25) is 10.2 Å². The van der Waals surface area contributed by atoms with Gasteiger partial charge in [0.15, 0.2) is 11.0 Å². The summed E-state index contributed by atoms with van der Waals surface area (Å²) in [6.45, 7) is 3.65. The topological polar surface area (TPSA) is 186 Å². The molecular weight excluding hydrogens is 368 g/mol. The van der Waals surface area contributed by atoms with Crippen molar-refractivity contribution in [2.24, 2.45) is 0 Å². The van der Waals surface area contributed by atoms with Gasteiger partial charge in [0.25, 0.3) is 11.0 Å². The lowest BCUT2D eigenvalue weighted by atomic mass is 10.2. The highest BCUT2D eigenvalue weighted by molar-refractivity contribution is 5.69. The van der Waals surface area contributed by atoms with Crippen LogP contribution in [-0.2, 0) is 0 Å². The lowest BCUT2D eigenvalue weighted by Crippen LogP contribution is -2.44. The molecule has 4 N–H and O–H groups in total. The Kier molecular flexibility index (Phi) is 4.53. The van der Waals surface area contributed by atoms with E-state index in [2.05, 4.69) is 10.2 Å². The molecule has 2 aromatic carbocycles. The smallest absolute Gasteiger partial charge is 0.458 e. The standard InChI is InChI=1S/2C8H8N4O2/c2*1-5-2-3-6-7(4-5)12(14)10-8(9)11(6)13/h2*2-4H,1H3,(H2,9,10). The maximum Gasteiger partial charge on any atom is 0.458 e. The Morgan fingerprint density at radius 2 is 1.00 bits per heavy atom. The fraction of sp³-hybridized carbons (Fsp3) is 0.125. The molecule has 0 unspecified atom stereocenters. The lowest BCUT2D eigenvalue weighted by molar-refractivity contribution is -0.672. The average Bonchev–Trinajstić information content (AvgIpc) is 2.65. The van der Waals surface area contributed by atoms with E-state index in [0.717, 1.165) is 11.1 Å². The van der Waals surface area contributed by atoms with Gasteiger partial charge in [0, 0.05) is 21.8 Å². The zero-order valence-electron chi connectivity index (χ0n) is 14.9. The van der Waals surface area contributed by atoms with E-state index in [1.165, 1.54) is 0 Å². The molecule has 12 nitrogen and oxygen atoms in total. The Morgan fingerprint density at radius 1 is 0.643 bits per heavy atom. The zero-order valence-corrected chi connectivity index (χ0v) is 14.9. The van der Waals surface area contributed by atoms with Crippen molar-refractivity contribution in [2.45, 2.75) is 13.8 Å². The molecule has 0 amide bonds. The molecule has 2 aromatic heterocycles. The van der Waals surface area contributed by atoms with Gasteiger partial charge in [-0.2, -0.15) is 0 Å². The summed E-state index contributed by atoms with van der Waals surface area (Å²) in [6, 6.07) is 9.73. The maximum absolute atomic E-state index is 11.4. The predicted octanol–water partition coefficient (Wildman–Crippen LogP) is -1.22. The fourth-order valence-electron chi connectivity index (χ4n) is 2.54. The second-order valence-electron chi connectivity index (χ2n) is 6.04. The summed E-state index contributed by atoms with van der Waals surface area (Å²) in [6.07, 6.45) is 0. The second-order valence-corrected chi connectivity index (χ2v) is 6.04. The molecule has 144 valence electrons. The Labute approximate surface area is 157 Å². The number of hydrogen-bond acceptors (Lipinski definition) is 8. The SMILES string of the molecule is Cc1ccc2c(c1)[n+]([O-])nc(N)[n+]2[O-].Cc1ccc2c(c1)[n+]([O-])nc(N)[n+]2[O-]. The van der Waals surface area contributed by atoms with Crippen molar-refractivity contribution >= 4 is 34.0 Å². The highest BCUT2D eigenvalue weighted by atomic mass is 16.5. The van der Waals surface area contributed by atoms with Crippen LogP contribution >= 0.6 is 0 Å². The van der Waals surface area contributed by atoms with Crippen LogP contribution in [-0.4, -0.2) is 10.2 Å². The molecule has 0 atom stereocenters. The summed E-state index contributed by atoms with van der Waals surface area (Å²) >= 11 is 0. The number of anilines is 2. The highest BCUT2D eigenvalue weighted by Gasteiger charge is 2.17. The molecule has 0 aliphatic carbocycles. The van der Waals surface area contributed by atoms with Crippen molar-refractivity contribution in [1.82, 2.24) is 10.2 Å². The van der Waals surface area contributed by atoms with Gasteiger partial charge in [-0.1, -0.05) is 12.1 Å². The number of benzene rings is 2. The van der Waals surface area contributed by atoms with Crippen LogP contribution in [0.2, 0.25) is 0 Å². The number of hydrogen-bond donors (Lipinski definition) is 2. The first-order valence-corrected chi connectivity index (χ1v) is 7.97. The van der Waals surface area contributed by atoms with E-state index in [9.17, 15) is 20.8 Å². The number of rotatable bonds is 0. The van der Waals surface area contributed by atoms with Crippen LogP contribution in [0.5, 0.6) is 0 Å². The molecule has 0 aliphatic heterocycles. The summed E-state index contributed by atoms with van der Waals surface area (Å²) in [5.74, 6) is -0.701. The molecule has 28 heavy (non-hydrogen) atoms. The molecule has 0 radical (unpaired) electrons. The van der Waals surface area contributed by atoms with Crippen molar-refractivity contribution in [3.05, 3.63) is 68.4 Å². The van der Waals surface area contributed by atoms with E-state index in [4.69, 9.17) is 11.5 Å². The van der Waals surface area contributed by atoms with Gasteiger partial charge < -0.3 is 20.8 Å². The van der Waals surface area contributed by atoms with Crippen molar-refractivity contribution in [3.8, 4) is 0 Å². The number of nitrogens with two attached hydrogens (primary N) is 2. The van der Waals surface area contributed by atoms with Crippen molar-refractivity contribution in [2.75, 3.05) is 11.5 Å². The fourth-order valence-corrected chi connectivity index (χ4v) is 2.54. The Morgan fingerprint density at radius 3 is 1.36 bits per heavy atom. The van der Waals surface area contributed by atoms with E-state index in [-0.39, 0.29) is 34.0 Å². The third kappa shape index (κ3) is 3.25. The lowest BCUT2D eigenvalue weighted by Gasteiger charge is -2.06. The van der Waals surface area contributed by atoms with Crippen LogP contribution < -0.4 is 30.6 Å². The van der Waals surface area contributed by atoms with Gasteiger partial charge in [-0.15, -0.1) is 0 Å². The van der Waals surface area contributed by atoms with E-state index >= 15 is 0 Å². The van der Waals surface area contributed by atoms with Gasteiger partial charge in [-0.25, -0.2) is 9.46 Å². The Hall–Kier alpha value is -4.22.